The van der Waals surface area contributed by atoms with Crippen LogP contribution in [0.15, 0.2) is 24.3 Å². The lowest BCUT2D eigenvalue weighted by Crippen LogP contribution is -2.40. The number of benzene rings is 1. The van der Waals surface area contributed by atoms with Gasteiger partial charge < -0.3 is 15.4 Å². The highest BCUT2D eigenvalue weighted by atomic mass is 16.4. The number of aryl methyl sites for hydroxylation is 1. The van der Waals surface area contributed by atoms with Crippen LogP contribution in [-0.2, 0) is 4.79 Å². The molecule has 5 nitrogen and oxygen atoms in total. The van der Waals surface area contributed by atoms with Crippen LogP contribution in [0.1, 0.15) is 29.9 Å². The van der Waals surface area contributed by atoms with Crippen LogP contribution < -0.4 is 5.32 Å². The van der Waals surface area contributed by atoms with E-state index in [9.17, 15) is 9.59 Å². The second-order valence-electron chi connectivity index (χ2n) is 5.16. The first-order valence-electron chi connectivity index (χ1n) is 6.51. The Morgan fingerprint density at radius 2 is 1.95 bits per heavy atom. The molecule has 20 heavy (non-hydrogen) atoms. The van der Waals surface area contributed by atoms with Gasteiger partial charge in [-0.3, -0.25) is 9.59 Å². The van der Waals surface area contributed by atoms with Crippen molar-refractivity contribution in [2.75, 3.05) is 0 Å². The van der Waals surface area contributed by atoms with Gasteiger partial charge in [-0.05, 0) is 38.5 Å². The van der Waals surface area contributed by atoms with Gasteiger partial charge in [0.05, 0.1) is 5.92 Å². The Kier molecular flexibility index (Phi) is 3.79. The van der Waals surface area contributed by atoms with E-state index in [-0.39, 0.29) is 5.91 Å². The molecule has 2 rings (SSSR count). The molecule has 0 fully saturated rings. The minimum atomic E-state index is -0.926. The van der Waals surface area contributed by atoms with E-state index >= 15 is 0 Å². The van der Waals surface area contributed by atoms with Crippen molar-refractivity contribution in [1.82, 2.24) is 10.3 Å². The van der Waals surface area contributed by atoms with E-state index in [0.29, 0.717) is 5.69 Å². The fraction of sp³-hybridized carbons (Fsp3) is 0.333. The van der Waals surface area contributed by atoms with Crippen LogP contribution in [0.25, 0.3) is 10.9 Å². The number of carboxylic acids is 1. The summed E-state index contributed by atoms with van der Waals surface area (Å²) in [6.45, 7) is 5.24. The molecule has 1 aromatic heterocycles. The predicted molar refractivity (Wildman–Crippen MR) is 76.8 cm³/mol. The summed E-state index contributed by atoms with van der Waals surface area (Å²) in [5.41, 5.74) is 2.45. The number of hydrogen-bond donors (Lipinski definition) is 3. The Balaban J connectivity index is 2.17. The molecule has 0 bridgehead atoms. The molecule has 1 heterocycles. The molecule has 0 saturated heterocycles. The van der Waals surface area contributed by atoms with Crippen LogP contribution in [-0.4, -0.2) is 28.0 Å². The van der Waals surface area contributed by atoms with Gasteiger partial charge in [-0.15, -0.1) is 0 Å². The van der Waals surface area contributed by atoms with Gasteiger partial charge in [0.25, 0.3) is 5.91 Å². The summed E-state index contributed by atoms with van der Waals surface area (Å²) in [5.74, 6) is -1.85. The van der Waals surface area contributed by atoms with Crippen LogP contribution in [0.4, 0.5) is 0 Å². The van der Waals surface area contributed by atoms with Gasteiger partial charge in [-0.25, -0.2) is 0 Å². The van der Waals surface area contributed by atoms with E-state index < -0.39 is 17.9 Å². The second-order valence-corrected chi connectivity index (χ2v) is 5.16. The zero-order valence-corrected chi connectivity index (χ0v) is 11.7. The molecular formula is C15H18N2O3. The first kappa shape index (κ1) is 14.1. The van der Waals surface area contributed by atoms with Crippen LogP contribution in [0.3, 0.4) is 0 Å². The molecule has 1 amide bonds. The number of aromatic amines is 1. The van der Waals surface area contributed by atoms with E-state index in [1.807, 2.05) is 25.1 Å². The van der Waals surface area contributed by atoms with E-state index in [4.69, 9.17) is 5.11 Å². The zero-order valence-electron chi connectivity index (χ0n) is 11.7. The van der Waals surface area contributed by atoms with Gasteiger partial charge in [0, 0.05) is 16.9 Å². The van der Waals surface area contributed by atoms with Crippen molar-refractivity contribution in [2.45, 2.75) is 26.8 Å². The number of aromatic nitrogens is 1. The van der Waals surface area contributed by atoms with Gasteiger partial charge in [-0.1, -0.05) is 12.1 Å². The summed E-state index contributed by atoms with van der Waals surface area (Å²) < 4.78 is 0. The van der Waals surface area contributed by atoms with Gasteiger partial charge in [0.15, 0.2) is 0 Å². The van der Waals surface area contributed by atoms with Crippen molar-refractivity contribution in [2.24, 2.45) is 5.92 Å². The Hall–Kier alpha value is -2.30. The van der Waals surface area contributed by atoms with Crippen molar-refractivity contribution in [3.05, 3.63) is 35.5 Å². The predicted octanol–water partition coefficient (Wildman–Crippen LogP) is 2.32. The van der Waals surface area contributed by atoms with E-state index in [0.717, 1.165) is 16.5 Å². The average molecular weight is 274 g/mol. The standard InChI is InChI=1S/C15H18N2O3/c1-8-4-5-11-7-13(17-12(11)6-8)14(18)16-10(3)9(2)15(19)20/h4-7,9-10,17H,1-3H3,(H,16,18)(H,19,20). The maximum atomic E-state index is 12.1. The fourth-order valence-corrected chi connectivity index (χ4v) is 1.99. The number of carbonyl (C=O) groups is 2. The normalized spacial score (nSPS) is 13.9. The minimum Gasteiger partial charge on any atom is -0.481 e. The monoisotopic (exact) mass is 274 g/mol. The highest BCUT2D eigenvalue weighted by Crippen LogP contribution is 2.17. The Morgan fingerprint density at radius 1 is 1.25 bits per heavy atom. The number of rotatable bonds is 4. The summed E-state index contributed by atoms with van der Waals surface area (Å²) in [4.78, 5) is 26.0. The molecule has 1 aromatic carbocycles. The van der Waals surface area contributed by atoms with E-state index in [1.54, 1.807) is 19.9 Å². The smallest absolute Gasteiger partial charge is 0.308 e. The van der Waals surface area contributed by atoms with Gasteiger partial charge in [0.1, 0.15) is 5.69 Å². The molecule has 0 aliphatic carbocycles. The van der Waals surface area contributed by atoms with Crippen molar-refractivity contribution in [3.8, 4) is 0 Å². The molecule has 3 N–H and O–H groups in total. The summed E-state index contributed by atoms with van der Waals surface area (Å²) in [6.07, 6.45) is 0. The molecule has 106 valence electrons. The molecule has 2 unspecified atom stereocenters. The average Bonchev–Trinajstić information content (AvgIpc) is 2.80. The van der Waals surface area contributed by atoms with Gasteiger partial charge in [0.2, 0.25) is 0 Å². The molecular weight excluding hydrogens is 256 g/mol. The highest BCUT2D eigenvalue weighted by molar-refractivity contribution is 5.98. The van der Waals surface area contributed by atoms with Crippen molar-refractivity contribution < 1.29 is 14.7 Å². The molecule has 2 atom stereocenters. The minimum absolute atomic E-state index is 0.292. The molecule has 5 heteroatoms. The van der Waals surface area contributed by atoms with Crippen LogP contribution in [0.5, 0.6) is 0 Å². The number of amides is 1. The third-order valence-electron chi connectivity index (χ3n) is 3.52. The maximum Gasteiger partial charge on any atom is 0.308 e. The van der Waals surface area contributed by atoms with E-state index in [2.05, 4.69) is 10.3 Å². The lowest BCUT2D eigenvalue weighted by Gasteiger charge is -2.17. The first-order valence-corrected chi connectivity index (χ1v) is 6.51. The number of carbonyl (C=O) groups excluding carboxylic acids is 1. The molecule has 0 aliphatic heterocycles. The third-order valence-corrected chi connectivity index (χ3v) is 3.52. The summed E-state index contributed by atoms with van der Waals surface area (Å²) in [6, 6.07) is 7.22. The van der Waals surface area contributed by atoms with Gasteiger partial charge >= 0.3 is 5.97 Å². The summed E-state index contributed by atoms with van der Waals surface area (Å²) in [5, 5.41) is 12.6. The number of nitrogens with one attached hydrogen (secondary N) is 2. The topological polar surface area (TPSA) is 82.2 Å². The molecule has 2 aromatic rings. The maximum absolute atomic E-state index is 12.1. The van der Waals surface area contributed by atoms with Crippen molar-refractivity contribution in [1.29, 1.82) is 0 Å². The number of aliphatic carboxylic acids is 1. The van der Waals surface area contributed by atoms with Crippen molar-refractivity contribution >= 4 is 22.8 Å². The highest BCUT2D eigenvalue weighted by Gasteiger charge is 2.22. The zero-order chi connectivity index (χ0) is 14.9. The molecule has 0 saturated carbocycles. The Labute approximate surface area is 117 Å². The van der Waals surface area contributed by atoms with Crippen LogP contribution >= 0.6 is 0 Å². The van der Waals surface area contributed by atoms with Crippen molar-refractivity contribution in [3.63, 3.8) is 0 Å². The van der Waals surface area contributed by atoms with Crippen LogP contribution in [0, 0.1) is 12.8 Å². The van der Waals surface area contributed by atoms with Gasteiger partial charge in [-0.2, -0.15) is 0 Å². The molecule has 0 spiro atoms. The van der Waals surface area contributed by atoms with Crippen LogP contribution in [0.2, 0.25) is 0 Å². The number of hydrogen-bond acceptors (Lipinski definition) is 2. The number of carboxylic acid groups (broad SMARTS) is 1. The SMILES string of the molecule is Cc1ccc2cc(C(=O)NC(C)C(C)C(=O)O)[nH]c2c1. The number of fused-ring (bicyclic) bond motifs is 1. The fourth-order valence-electron chi connectivity index (χ4n) is 1.99. The lowest BCUT2D eigenvalue weighted by molar-refractivity contribution is -0.141. The molecule has 0 aliphatic rings. The number of H-pyrrole nitrogens is 1. The second kappa shape index (κ2) is 5.36. The Morgan fingerprint density at radius 3 is 2.60 bits per heavy atom. The first-order chi connectivity index (χ1) is 9.38. The largest absolute Gasteiger partial charge is 0.481 e. The molecule has 0 radical (unpaired) electrons. The lowest BCUT2D eigenvalue weighted by atomic mass is 10.0. The Bertz CT molecular complexity index is 660. The third kappa shape index (κ3) is 2.82. The summed E-state index contributed by atoms with van der Waals surface area (Å²) >= 11 is 0. The van der Waals surface area contributed by atoms with E-state index in [1.165, 1.54) is 0 Å². The summed E-state index contributed by atoms with van der Waals surface area (Å²) in [7, 11) is 0. The quantitative estimate of drug-likeness (QED) is 0.800.